The predicted octanol–water partition coefficient (Wildman–Crippen LogP) is -1.07. The van der Waals surface area contributed by atoms with Gasteiger partial charge >= 0.3 is 0 Å². The fourth-order valence-corrected chi connectivity index (χ4v) is 2.15. The van der Waals surface area contributed by atoms with Crippen molar-refractivity contribution in [3.8, 4) is 11.1 Å². The van der Waals surface area contributed by atoms with E-state index >= 15 is 0 Å². The Morgan fingerprint density at radius 1 is 0.696 bits per heavy atom. The van der Waals surface area contributed by atoms with Crippen LogP contribution in [0, 0.1) is 29.1 Å². The minimum atomic E-state index is -2.15. The topological polar surface area (TPSA) is 0 Å². The van der Waals surface area contributed by atoms with Crippen molar-refractivity contribution in [2.75, 3.05) is 0 Å². The molecule has 0 N–H and O–H groups in total. The van der Waals surface area contributed by atoms with Gasteiger partial charge in [-0.2, -0.15) is 0 Å². The molecule has 0 saturated heterocycles. The summed E-state index contributed by atoms with van der Waals surface area (Å²) in [5.41, 5.74) is -0.948. The second-order valence-electron chi connectivity index (χ2n) is 4.32. The van der Waals surface area contributed by atoms with E-state index in [1.54, 1.807) is 24.3 Å². The molecule has 3 rings (SSSR count). The second kappa shape index (κ2) is 8.31. The van der Waals surface area contributed by atoms with Gasteiger partial charge in [-0.25, -0.2) is 22.0 Å². The van der Waals surface area contributed by atoms with Crippen molar-refractivity contribution in [3.05, 3.63) is 65.5 Å². The van der Waals surface area contributed by atoms with Crippen molar-refractivity contribution < 1.29 is 72.6 Å². The van der Waals surface area contributed by atoms with Gasteiger partial charge in [-0.15, -0.1) is 34.5 Å². The molecule has 0 bridgehead atoms. The van der Waals surface area contributed by atoms with E-state index < -0.39 is 34.6 Å². The van der Waals surface area contributed by atoms with Crippen LogP contribution in [-0.2, 0) is 25.8 Å². The summed E-state index contributed by atoms with van der Waals surface area (Å²) in [4.78, 5) is 0. The van der Waals surface area contributed by atoms with Gasteiger partial charge in [0.25, 0.3) is 0 Å². The normalized spacial score (nSPS) is 9.78. The Bertz CT molecular complexity index is 770. The largest absolute Gasteiger partial charge is 1.00 e. The fourth-order valence-electron chi connectivity index (χ4n) is 2.15. The van der Waals surface area contributed by atoms with Gasteiger partial charge in [0.05, 0.1) is 0 Å². The van der Waals surface area contributed by atoms with Crippen LogP contribution in [0.2, 0.25) is 0 Å². The van der Waals surface area contributed by atoms with Crippen LogP contribution in [0.5, 0.6) is 0 Å². The Morgan fingerprint density at radius 2 is 1.17 bits per heavy atom. The molecule has 0 saturated carbocycles. The van der Waals surface area contributed by atoms with Crippen LogP contribution in [-0.4, -0.2) is 0 Å². The van der Waals surface area contributed by atoms with E-state index in [1.165, 1.54) is 12.1 Å². The molecular formula is C15H6Cl2F5Hf-3. The van der Waals surface area contributed by atoms with Crippen LogP contribution in [0.15, 0.2) is 36.4 Å². The molecule has 23 heavy (non-hydrogen) atoms. The van der Waals surface area contributed by atoms with E-state index in [1.807, 2.05) is 0 Å². The van der Waals surface area contributed by atoms with Crippen molar-refractivity contribution in [3.63, 3.8) is 0 Å². The van der Waals surface area contributed by atoms with Crippen LogP contribution in [0.3, 0.4) is 0 Å². The predicted molar refractivity (Wildman–Crippen MR) is 64.8 cm³/mol. The molecule has 3 aromatic rings. The number of fused-ring (bicyclic) bond motifs is 1. The zero-order valence-corrected chi connectivity index (χ0v) is 16.2. The first-order valence-corrected chi connectivity index (χ1v) is 5.68. The van der Waals surface area contributed by atoms with E-state index in [0.717, 1.165) is 0 Å². The number of rotatable bonds is 1. The molecule has 3 aromatic carbocycles. The molecule has 122 valence electrons. The summed E-state index contributed by atoms with van der Waals surface area (Å²) >= 11 is 0. The van der Waals surface area contributed by atoms with Crippen LogP contribution in [0.4, 0.5) is 22.0 Å². The van der Waals surface area contributed by atoms with Crippen LogP contribution in [0.1, 0.15) is 0 Å². The number of benzene rings is 2. The third kappa shape index (κ3) is 3.64. The number of hydrogen-bond acceptors (Lipinski definition) is 0. The van der Waals surface area contributed by atoms with E-state index in [2.05, 4.69) is 0 Å². The van der Waals surface area contributed by atoms with Crippen molar-refractivity contribution >= 4 is 10.8 Å². The molecule has 0 radical (unpaired) electrons. The summed E-state index contributed by atoms with van der Waals surface area (Å²) < 4.78 is 66.7. The standard InChI is InChI=1S/C15H6F5.2ClH.Hf/c16-11-10(12(17)14(19)15(20)13(11)18)9-5-7-3-1-2-4-8(7)6-9;;;/h1-6H;2*1H;/q-1;;;/p-2. The molecule has 0 aliphatic heterocycles. The summed E-state index contributed by atoms with van der Waals surface area (Å²) in [5.74, 6) is -9.68. The second-order valence-corrected chi connectivity index (χ2v) is 4.32. The first kappa shape index (κ1) is 22.2. The molecule has 0 atom stereocenters. The minimum Gasteiger partial charge on any atom is -1.00 e. The summed E-state index contributed by atoms with van der Waals surface area (Å²) in [5, 5.41) is 1.32. The molecule has 0 amide bonds. The maximum Gasteiger partial charge on any atom is 0.199 e. The first-order chi connectivity index (χ1) is 9.50. The molecule has 0 aromatic heterocycles. The molecule has 8 heteroatoms. The smallest absolute Gasteiger partial charge is 0.199 e. The van der Waals surface area contributed by atoms with Gasteiger partial charge < -0.3 is 24.8 Å². The van der Waals surface area contributed by atoms with Gasteiger partial charge in [-0.3, -0.25) is 0 Å². The number of halogens is 7. The number of hydrogen-bond donors (Lipinski definition) is 0. The molecule has 0 fully saturated rings. The van der Waals surface area contributed by atoms with Gasteiger partial charge in [0.1, 0.15) is 11.6 Å². The monoisotopic (exact) mass is 531 g/mol. The molecule has 0 spiro atoms. The molecule has 0 aliphatic rings. The van der Waals surface area contributed by atoms with Crippen LogP contribution >= 0.6 is 0 Å². The zero-order chi connectivity index (χ0) is 14.4. The first-order valence-electron chi connectivity index (χ1n) is 5.68. The average Bonchev–Trinajstić information content (AvgIpc) is 2.86. The van der Waals surface area contributed by atoms with E-state index in [0.29, 0.717) is 10.8 Å². The maximum atomic E-state index is 13.7. The summed E-state index contributed by atoms with van der Waals surface area (Å²) in [6.45, 7) is 0. The Kier molecular flexibility index (Phi) is 8.00. The van der Waals surface area contributed by atoms with Gasteiger partial charge in [-0.1, -0.05) is 18.2 Å². The molecule has 0 unspecified atom stereocenters. The molecule has 0 aliphatic carbocycles. The molecular weight excluding hydrogens is 525 g/mol. The van der Waals surface area contributed by atoms with Gasteiger partial charge in [0, 0.05) is 25.8 Å². The minimum absolute atomic E-state index is 0. The van der Waals surface area contributed by atoms with Gasteiger partial charge in [0.15, 0.2) is 17.5 Å². The Labute approximate surface area is 159 Å². The third-order valence-corrected chi connectivity index (χ3v) is 3.12. The van der Waals surface area contributed by atoms with Crippen LogP contribution < -0.4 is 24.8 Å². The van der Waals surface area contributed by atoms with Crippen molar-refractivity contribution in [2.24, 2.45) is 0 Å². The summed E-state index contributed by atoms with van der Waals surface area (Å²) in [7, 11) is 0. The molecule has 0 nitrogen and oxygen atoms in total. The average molecular weight is 531 g/mol. The summed E-state index contributed by atoms with van der Waals surface area (Å²) in [6.07, 6.45) is 0. The van der Waals surface area contributed by atoms with Gasteiger partial charge in [-0.05, 0) is 5.56 Å². The van der Waals surface area contributed by atoms with Crippen molar-refractivity contribution in [2.45, 2.75) is 0 Å². The van der Waals surface area contributed by atoms with E-state index in [-0.39, 0.29) is 56.2 Å². The Hall–Kier alpha value is -0.850. The Morgan fingerprint density at radius 3 is 1.70 bits per heavy atom. The SMILES string of the molecule is Fc1c(F)c(F)c(-c2cc3ccccc3[cH-]2)c(F)c1F.[Cl-].[Cl-].[Hf]. The Balaban J connectivity index is 0.00000161. The molecule has 0 heterocycles. The van der Waals surface area contributed by atoms with Gasteiger partial charge in [0.2, 0.25) is 0 Å². The third-order valence-electron chi connectivity index (χ3n) is 3.12. The van der Waals surface area contributed by atoms with Crippen LogP contribution in [0.25, 0.3) is 21.9 Å². The summed E-state index contributed by atoms with van der Waals surface area (Å²) in [6, 6.07) is 9.56. The zero-order valence-electron chi connectivity index (χ0n) is 11.1. The fraction of sp³-hybridized carbons (Fsp3) is 0. The van der Waals surface area contributed by atoms with Crippen molar-refractivity contribution in [1.29, 1.82) is 0 Å². The quantitative estimate of drug-likeness (QED) is 0.124. The van der Waals surface area contributed by atoms with Crippen molar-refractivity contribution in [1.82, 2.24) is 0 Å². The van der Waals surface area contributed by atoms with E-state index in [4.69, 9.17) is 0 Å². The van der Waals surface area contributed by atoms with E-state index in [9.17, 15) is 22.0 Å². The maximum absolute atomic E-state index is 13.7.